The molecule has 2 aromatic heterocycles. The number of carbonyl (C=O) groups excluding carboxylic acids is 1. The second-order valence-corrected chi connectivity index (χ2v) is 11.5. The number of aromatic nitrogens is 2. The molecular formula is C28H37N3O5S. The van der Waals surface area contributed by atoms with Crippen molar-refractivity contribution in [1.29, 1.82) is 0 Å². The van der Waals surface area contributed by atoms with E-state index >= 15 is 0 Å². The number of thioether (sulfide) groups is 1. The van der Waals surface area contributed by atoms with Gasteiger partial charge in [-0.1, -0.05) is 52.5 Å². The van der Waals surface area contributed by atoms with Crippen molar-refractivity contribution in [3.05, 3.63) is 46.6 Å². The molecule has 2 heterocycles. The fraction of sp³-hybridized carbons (Fsp3) is 0.571. The Bertz CT molecular complexity index is 1140. The lowest BCUT2D eigenvalue weighted by Crippen LogP contribution is -2.19. The molecule has 2 unspecified atom stereocenters. The molecule has 1 amide bonds. The molecule has 0 radical (unpaired) electrons. The van der Waals surface area contributed by atoms with E-state index < -0.39 is 5.97 Å². The Morgan fingerprint density at radius 2 is 2.03 bits per heavy atom. The Kier molecular flexibility index (Phi) is 9.29. The highest BCUT2D eigenvalue weighted by Crippen LogP contribution is 2.42. The van der Waals surface area contributed by atoms with Crippen molar-refractivity contribution in [2.45, 2.75) is 88.7 Å². The number of carboxylic acid groups (broad SMARTS) is 1. The summed E-state index contributed by atoms with van der Waals surface area (Å²) < 4.78 is 11.5. The van der Waals surface area contributed by atoms with Gasteiger partial charge in [-0.25, -0.2) is 9.78 Å². The number of hydrogen-bond donors (Lipinski definition) is 2. The largest absolute Gasteiger partial charge is 0.477 e. The van der Waals surface area contributed by atoms with E-state index in [2.05, 4.69) is 36.2 Å². The van der Waals surface area contributed by atoms with Crippen LogP contribution < -0.4 is 10.1 Å². The first-order valence-corrected chi connectivity index (χ1v) is 14.2. The maximum absolute atomic E-state index is 13.2. The van der Waals surface area contributed by atoms with Crippen LogP contribution in [0.4, 0.5) is 0 Å². The van der Waals surface area contributed by atoms with E-state index in [0.717, 1.165) is 37.8 Å². The van der Waals surface area contributed by atoms with Crippen LogP contribution in [0.25, 0.3) is 0 Å². The van der Waals surface area contributed by atoms with Gasteiger partial charge in [0.15, 0.2) is 0 Å². The summed E-state index contributed by atoms with van der Waals surface area (Å²) in [6, 6.07) is 4.89. The lowest BCUT2D eigenvalue weighted by atomic mass is 9.93. The van der Waals surface area contributed by atoms with Crippen LogP contribution in [0.15, 0.2) is 38.9 Å². The number of pyridine rings is 1. The molecule has 0 saturated heterocycles. The first-order valence-electron chi connectivity index (χ1n) is 13.4. The van der Waals surface area contributed by atoms with Crippen LogP contribution in [-0.4, -0.2) is 39.0 Å². The predicted molar refractivity (Wildman–Crippen MR) is 142 cm³/mol. The summed E-state index contributed by atoms with van der Waals surface area (Å²) in [6.07, 6.45) is 9.30. The number of amides is 1. The number of ether oxygens (including phenoxy) is 1. The van der Waals surface area contributed by atoms with Gasteiger partial charge in [0.2, 0.25) is 5.76 Å². The second kappa shape index (κ2) is 12.6. The van der Waals surface area contributed by atoms with Gasteiger partial charge in [-0.3, -0.25) is 4.79 Å². The minimum atomic E-state index is -1.07. The van der Waals surface area contributed by atoms with Gasteiger partial charge in [-0.15, -0.1) is 11.8 Å². The lowest BCUT2D eigenvalue weighted by Gasteiger charge is -2.20. The Hall–Kier alpha value is -2.81. The Morgan fingerprint density at radius 1 is 1.24 bits per heavy atom. The van der Waals surface area contributed by atoms with Gasteiger partial charge in [0.05, 0.1) is 6.61 Å². The van der Waals surface area contributed by atoms with Crippen molar-refractivity contribution >= 4 is 23.6 Å². The Balaban J connectivity index is 1.44. The van der Waals surface area contributed by atoms with Crippen LogP contribution in [0.2, 0.25) is 0 Å². The van der Waals surface area contributed by atoms with Crippen LogP contribution >= 0.6 is 11.8 Å². The molecule has 200 valence electrons. The van der Waals surface area contributed by atoms with Gasteiger partial charge in [0.1, 0.15) is 10.6 Å². The van der Waals surface area contributed by atoms with E-state index in [1.807, 2.05) is 0 Å². The Labute approximate surface area is 222 Å². The predicted octanol–water partition coefficient (Wildman–Crippen LogP) is 6.27. The molecule has 0 aliphatic heterocycles. The van der Waals surface area contributed by atoms with Crippen molar-refractivity contribution in [2.75, 3.05) is 6.61 Å². The van der Waals surface area contributed by atoms with E-state index in [0.29, 0.717) is 40.0 Å². The molecule has 8 nitrogen and oxygen atoms in total. The van der Waals surface area contributed by atoms with E-state index in [9.17, 15) is 9.59 Å². The molecule has 2 aliphatic rings. The topological polar surface area (TPSA) is 115 Å². The SMILES string of the molecule is CCC(C)CC(C)C1=C(NC(=O)c2onc(OCCc3cccc(C(=O)O)n3)c2SC2CCCCC2)C1. The number of allylic oxidation sites excluding steroid dienone is 2. The van der Waals surface area contributed by atoms with Crippen molar-refractivity contribution in [1.82, 2.24) is 15.5 Å². The standard InChI is InChI=1S/C28H37N3O5S/c1-4-17(2)15-18(3)21-16-23(21)30-26(32)24-25(37-20-10-6-5-7-11-20)27(31-36-24)35-14-13-19-9-8-12-22(29-19)28(33)34/h8-9,12,17-18,20H,4-7,10-11,13-16H2,1-3H3,(H,30,32)(H,33,34). The average molecular weight is 528 g/mol. The van der Waals surface area contributed by atoms with Crippen molar-refractivity contribution in [3.63, 3.8) is 0 Å². The van der Waals surface area contributed by atoms with Crippen LogP contribution in [0.5, 0.6) is 5.88 Å². The smallest absolute Gasteiger partial charge is 0.354 e. The molecule has 0 bridgehead atoms. The summed E-state index contributed by atoms with van der Waals surface area (Å²) in [5.74, 6) is 0.286. The summed E-state index contributed by atoms with van der Waals surface area (Å²) in [5, 5.41) is 16.7. The first kappa shape index (κ1) is 27.2. The highest BCUT2D eigenvalue weighted by atomic mass is 32.2. The third-order valence-electron chi connectivity index (χ3n) is 7.23. The molecule has 37 heavy (non-hydrogen) atoms. The van der Waals surface area contributed by atoms with E-state index in [-0.39, 0.29) is 24.0 Å². The number of hydrogen-bond acceptors (Lipinski definition) is 7. The van der Waals surface area contributed by atoms with Crippen LogP contribution in [0.3, 0.4) is 0 Å². The zero-order valence-electron chi connectivity index (χ0n) is 21.9. The number of rotatable bonds is 13. The van der Waals surface area contributed by atoms with E-state index in [1.165, 1.54) is 30.9 Å². The third kappa shape index (κ3) is 7.37. The molecule has 2 aromatic rings. The first-order chi connectivity index (χ1) is 17.9. The second-order valence-electron chi connectivity index (χ2n) is 10.2. The van der Waals surface area contributed by atoms with Crippen molar-refractivity contribution < 1.29 is 24.0 Å². The highest BCUT2D eigenvalue weighted by Gasteiger charge is 2.33. The highest BCUT2D eigenvalue weighted by molar-refractivity contribution is 8.00. The van der Waals surface area contributed by atoms with Crippen LogP contribution in [0.1, 0.15) is 98.9 Å². The van der Waals surface area contributed by atoms with Gasteiger partial charge < -0.3 is 19.7 Å². The normalized spacial score (nSPS) is 17.4. The zero-order chi connectivity index (χ0) is 26.4. The lowest BCUT2D eigenvalue weighted by molar-refractivity contribution is 0.0689. The summed E-state index contributed by atoms with van der Waals surface area (Å²) in [7, 11) is 0. The fourth-order valence-electron chi connectivity index (χ4n) is 4.80. The summed E-state index contributed by atoms with van der Waals surface area (Å²) in [5.41, 5.74) is 2.93. The molecule has 4 rings (SSSR count). The summed E-state index contributed by atoms with van der Waals surface area (Å²) in [6.45, 7) is 6.94. The molecule has 9 heteroatoms. The minimum Gasteiger partial charge on any atom is -0.477 e. The number of nitrogens with one attached hydrogen (secondary N) is 1. The third-order valence-corrected chi connectivity index (χ3v) is 8.63. The molecule has 1 saturated carbocycles. The number of carbonyl (C=O) groups is 2. The fourth-order valence-corrected chi connectivity index (χ4v) is 6.13. The number of carboxylic acids is 1. The van der Waals surface area contributed by atoms with Crippen molar-refractivity contribution in [2.24, 2.45) is 11.8 Å². The monoisotopic (exact) mass is 527 g/mol. The zero-order valence-corrected chi connectivity index (χ0v) is 22.7. The quantitative estimate of drug-likeness (QED) is 0.313. The van der Waals surface area contributed by atoms with Gasteiger partial charge in [0, 0.05) is 29.5 Å². The Morgan fingerprint density at radius 3 is 2.76 bits per heavy atom. The number of aromatic carboxylic acids is 1. The summed E-state index contributed by atoms with van der Waals surface area (Å²) in [4.78, 5) is 29.2. The number of nitrogens with zero attached hydrogens (tertiary/aromatic N) is 2. The van der Waals surface area contributed by atoms with Gasteiger partial charge >= 0.3 is 5.97 Å². The van der Waals surface area contributed by atoms with E-state index in [1.54, 1.807) is 23.9 Å². The van der Waals surface area contributed by atoms with Crippen LogP contribution in [-0.2, 0) is 6.42 Å². The summed E-state index contributed by atoms with van der Waals surface area (Å²) >= 11 is 1.62. The molecule has 0 aromatic carbocycles. The minimum absolute atomic E-state index is 0.00124. The molecule has 1 fully saturated rings. The van der Waals surface area contributed by atoms with Crippen LogP contribution in [0, 0.1) is 11.8 Å². The molecular weight excluding hydrogens is 490 g/mol. The maximum Gasteiger partial charge on any atom is 0.354 e. The van der Waals surface area contributed by atoms with Gasteiger partial charge in [-0.05, 0) is 54.0 Å². The molecule has 2 aliphatic carbocycles. The maximum atomic E-state index is 13.2. The molecule has 0 spiro atoms. The van der Waals surface area contributed by atoms with Gasteiger partial charge in [0.25, 0.3) is 11.8 Å². The van der Waals surface area contributed by atoms with Gasteiger partial charge in [-0.2, -0.15) is 0 Å². The van der Waals surface area contributed by atoms with E-state index in [4.69, 9.17) is 14.4 Å². The average Bonchev–Trinajstić information content (AvgIpc) is 3.56. The van der Waals surface area contributed by atoms with Crippen molar-refractivity contribution in [3.8, 4) is 5.88 Å². The molecule has 2 N–H and O–H groups in total. The molecule has 2 atom stereocenters.